The molecule has 0 saturated carbocycles. The van der Waals surface area contributed by atoms with Crippen LogP contribution in [0.15, 0.2) is 0 Å². The molecule has 0 aliphatic rings. The van der Waals surface area contributed by atoms with E-state index in [1.54, 1.807) is 6.92 Å². The first-order valence-corrected chi connectivity index (χ1v) is 4.41. The average Bonchev–Trinajstić information content (AvgIpc) is 2.32. The van der Waals surface area contributed by atoms with E-state index in [1.165, 1.54) is 0 Å². The van der Waals surface area contributed by atoms with Gasteiger partial charge < -0.3 is 5.73 Å². The molecule has 1 aromatic heterocycles. The number of halogens is 2. The van der Waals surface area contributed by atoms with Crippen molar-refractivity contribution in [1.82, 2.24) is 4.98 Å². The summed E-state index contributed by atoms with van der Waals surface area (Å²) in [6.07, 6.45) is -1.83. The number of hydrogen-bond acceptors (Lipinski definition) is 3. The number of nitrogens with two attached hydrogens (primary N) is 1. The normalized spacial score (nSPS) is 11.1. The summed E-state index contributed by atoms with van der Waals surface area (Å²) >= 11 is 1.05. The molecule has 0 aromatic carbocycles. The first-order chi connectivity index (χ1) is 5.65. The summed E-state index contributed by atoms with van der Waals surface area (Å²) in [4.78, 5) is 4.05. The van der Waals surface area contributed by atoms with Gasteiger partial charge in [0.15, 0.2) is 0 Å². The van der Waals surface area contributed by atoms with Crippen LogP contribution >= 0.6 is 11.3 Å². The minimum Gasteiger partial charge on any atom is -0.330 e. The van der Waals surface area contributed by atoms with Crippen molar-refractivity contribution in [2.24, 2.45) is 5.73 Å². The van der Waals surface area contributed by atoms with Gasteiger partial charge in [-0.05, 0) is 13.5 Å². The number of thiazole rings is 1. The molecule has 0 fully saturated rings. The van der Waals surface area contributed by atoms with Crippen molar-refractivity contribution in [1.29, 1.82) is 0 Å². The fraction of sp³-hybridized carbons (Fsp3) is 0.571. The second kappa shape index (κ2) is 3.91. The van der Waals surface area contributed by atoms with Gasteiger partial charge >= 0.3 is 0 Å². The van der Waals surface area contributed by atoms with Crippen LogP contribution in [0.25, 0.3) is 0 Å². The largest absolute Gasteiger partial charge is 0.330 e. The van der Waals surface area contributed by atoms with Crippen molar-refractivity contribution in [2.45, 2.75) is 19.8 Å². The molecule has 0 unspecified atom stereocenters. The lowest BCUT2D eigenvalue weighted by molar-refractivity contribution is 0.154. The summed E-state index contributed by atoms with van der Waals surface area (Å²) in [5.41, 5.74) is 5.70. The Balaban J connectivity index is 2.85. The summed E-state index contributed by atoms with van der Waals surface area (Å²) in [6.45, 7) is 2.05. The highest BCUT2D eigenvalue weighted by Gasteiger charge is 2.15. The molecule has 12 heavy (non-hydrogen) atoms. The van der Waals surface area contributed by atoms with E-state index in [1.807, 2.05) is 0 Å². The second-order valence-corrected chi connectivity index (χ2v) is 3.51. The predicted octanol–water partition coefficient (Wildman–Crippen LogP) is 1.89. The molecule has 0 saturated heterocycles. The maximum atomic E-state index is 12.2. The number of alkyl halides is 2. The SMILES string of the molecule is Cc1nc(CCN)sc1C(F)F. The standard InChI is InChI=1S/C7H10F2N2S/c1-4-6(7(8)9)12-5(11-4)2-3-10/h7H,2-3,10H2,1H3. The summed E-state index contributed by atoms with van der Waals surface area (Å²) in [6, 6.07) is 0. The Labute approximate surface area is 73.4 Å². The Bertz CT molecular complexity index is 260. The van der Waals surface area contributed by atoms with Crippen molar-refractivity contribution < 1.29 is 8.78 Å². The first-order valence-electron chi connectivity index (χ1n) is 3.59. The number of rotatable bonds is 3. The lowest BCUT2D eigenvalue weighted by Gasteiger charge is -1.91. The second-order valence-electron chi connectivity index (χ2n) is 2.40. The Kier molecular flexibility index (Phi) is 3.11. The van der Waals surface area contributed by atoms with Gasteiger partial charge in [-0.15, -0.1) is 11.3 Å². The maximum Gasteiger partial charge on any atom is 0.274 e. The van der Waals surface area contributed by atoms with Crippen molar-refractivity contribution >= 4 is 11.3 Å². The molecule has 5 heteroatoms. The Morgan fingerprint density at radius 3 is 2.67 bits per heavy atom. The van der Waals surface area contributed by atoms with Gasteiger partial charge in [0.05, 0.1) is 15.6 Å². The first kappa shape index (κ1) is 9.54. The van der Waals surface area contributed by atoms with E-state index in [4.69, 9.17) is 5.73 Å². The van der Waals surface area contributed by atoms with Crippen LogP contribution in [0, 0.1) is 6.92 Å². The minimum absolute atomic E-state index is 0.0680. The zero-order chi connectivity index (χ0) is 9.14. The van der Waals surface area contributed by atoms with Gasteiger partial charge in [-0.1, -0.05) is 0 Å². The molecule has 0 aliphatic carbocycles. The van der Waals surface area contributed by atoms with Crippen LogP contribution in [0.2, 0.25) is 0 Å². The van der Waals surface area contributed by atoms with E-state index in [0.29, 0.717) is 23.7 Å². The third-order valence-electron chi connectivity index (χ3n) is 1.43. The predicted molar refractivity (Wildman–Crippen MR) is 44.6 cm³/mol. The number of nitrogens with zero attached hydrogens (tertiary/aromatic N) is 1. The van der Waals surface area contributed by atoms with E-state index in [2.05, 4.69) is 4.98 Å². The molecule has 0 radical (unpaired) electrons. The monoisotopic (exact) mass is 192 g/mol. The molecule has 0 atom stereocenters. The Hall–Kier alpha value is -0.550. The summed E-state index contributed by atoms with van der Waals surface area (Å²) in [5, 5.41) is 0.699. The van der Waals surface area contributed by atoms with E-state index in [0.717, 1.165) is 11.3 Å². The van der Waals surface area contributed by atoms with Gasteiger partial charge in [0.2, 0.25) is 0 Å². The molecule has 2 nitrogen and oxygen atoms in total. The van der Waals surface area contributed by atoms with Crippen LogP contribution in [0.4, 0.5) is 8.78 Å². The van der Waals surface area contributed by atoms with Crippen molar-refractivity contribution in [2.75, 3.05) is 6.54 Å². The third-order valence-corrected chi connectivity index (χ3v) is 2.66. The lowest BCUT2D eigenvalue weighted by Crippen LogP contribution is -2.01. The fourth-order valence-electron chi connectivity index (χ4n) is 0.899. The van der Waals surface area contributed by atoms with Gasteiger partial charge in [0.25, 0.3) is 6.43 Å². The highest BCUT2D eigenvalue weighted by atomic mass is 32.1. The van der Waals surface area contributed by atoms with Gasteiger partial charge in [-0.3, -0.25) is 0 Å². The summed E-state index contributed by atoms with van der Waals surface area (Å²) in [5.74, 6) is 0. The highest BCUT2D eigenvalue weighted by molar-refractivity contribution is 7.11. The van der Waals surface area contributed by atoms with Crippen LogP contribution < -0.4 is 5.73 Å². The van der Waals surface area contributed by atoms with Gasteiger partial charge in [-0.2, -0.15) is 0 Å². The van der Waals surface area contributed by atoms with Gasteiger partial charge in [0, 0.05) is 6.42 Å². The van der Waals surface area contributed by atoms with Crippen molar-refractivity contribution in [3.63, 3.8) is 0 Å². The zero-order valence-electron chi connectivity index (χ0n) is 6.68. The number of aromatic nitrogens is 1. The van der Waals surface area contributed by atoms with Crippen LogP contribution in [0.1, 0.15) is 22.0 Å². The summed E-state index contributed by atoms with van der Waals surface area (Å²) in [7, 11) is 0. The van der Waals surface area contributed by atoms with Gasteiger partial charge in [0.1, 0.15) is 0 Å². The molecule has 0 spiro atoms. The fourth-order valence-corrected chi connectivity index (χ4v) is 1.84. The minimum atomic E-state index is -2.41. The molecule has 1 aromatic rings. The molecule has 0 amide bonds. The van der Waals surface area contributed by atoms with E-state index >= 15 is 0 Å². The zero-order valence-corrected chi connectivity index (χ0v) is 7.50. The van der Waals surface area contributed by atoms with Crippen molar-refractivity contribution in [3.05, 3.63) is 15.6 Å². The quantitative estimate of drug-likeness (QED) is 0.794. The maximum absolute atomic E-state index is 12.2. The molecule has 2 N–H and O–H groups in total. The lowest BCUT2D eigenvalue weighted by atomic mass is 10.4. The molecular formula is C7H10F2N2S. The molecule has 1 heterocycles. The smallest absolute Gasteiger partial charge is 0.274 e. The Morgan fingerprint density at radius 1 is 1.58 bits per heavy atom. The molecular weight excluding hydrogens is 182 g/mol. The molecule has 0 aliphatic heterocycles. The van der Waals surface area contributed by atoms with E-state index in [-0.39, 0.29) is 4.88 Å². The van der Waals surface area contributed by atoms with Gasteiger partial charge in [-0.25, -0.2) is 13.8 Å². The Morgan fingerprint density at radius 2 is 2.25 bits per heavy atom. The van der Waals surface area contributed by atoms with Crippen molar-refractivity contribution in [3.8, 4) is 0 Å². The van der Waals surface area contributed by atoms with Crippen LogP contribution in [0.3, 0.4) is 0 Å². The third kappa shape index (κ3) is 1.98. The topological polar surface area (TPSA) is 38.9 Å². The van der Waals surface area contributed by atoms with Crippen LogP contribution in [0.5, 0.6) is 0 Å². The average molecular weight is 192 g/mol. The molecule has 0 bridgehead atoms. The van der Waals surface area contributed by atoms with Crippen LogP contribution in [-0.4, -0.2) is 11.5 Å². The van der Waals surface area contributed by atoms with E-state index < -0.39 is 6.43 Å². The summed E-state index contributed by atoms with van der Waals surface area (Å²) < 4.78 is 24.4. The van der Waals surface area contributed by atoms with E-state index in [9.17, 15) is 8.78 Å². The number of aryl methyl sites for hydroxylation is 1. The molecule has 68 valence electrons. The molecule has 1 rings (SSSR count). The highest BCUT2D eigenvalue weighted by Crippen LogP contribution is 2.28. The van der Waals surface area contributed by atoms with Crippen LogP contribution in [-0.2, 0) is 6.42 Å². The number of hydrogen-bond donors (Lipinski definition) is 1.